The zero-order valence-corrected chi connectivity index (χ0v) is 14.3. The van der Waals surface area contributed by atoms with E-state index in [-0.39, 0.29) is 11.5 Å². The zero-order valence-electron chi connectivity index (χ0n) is 14.3. The van der Waals surface area contributed by atoms with Gasteiger partial charge in [0.2, 0.25) is 0 Å². The van der Waals surface area contributed by atoms with E-state index in [1.165, 1.54) is 5.56 Å². The first-order chi connectivity index (χ1) is 10.1. The predicted molar refractivity (Wildman–Crippen MR) is 90.2 cm³/mol. The molecule has 22 heavy (non-hydrogen) atoms. The lowest BCUT2D eigenvalue weighted by Gasteiger charge is -2.21. The Hall–Kier alpha value is -2.03. The molecule has 1 aromatic heterocycles. The van der Waals surface area contributed by atoms with E-state index in [9.17, 15) is 4.79 Å². The van der Waals surface area contributed by atoms with E-state index in [0.29, 0.717) is 0 Å². The number of hydrogen-bond donors (Lipinski definition) is 0. The van der Waals surface area contributed by atoms with Gasteiger partial charge in [-0.1, -0.05) is 45.0 Å². The van der Waals surface area contributed by atoms with Crippen LogP contribution in [0, 0.1) is 0 Å². The van der Waals surface area contributed by atoms with Gasteiger partial charge in [-0.05, 0) is 49.4 Å². The summed E-state index contributed by atoms with van der Waals surface area (Å²) in [6, 6.07) is 12.1. The van der Waals surface area contributed by atoms with Gasteiger partial charge < -0.3 is 4.74 Å². The second kappa shape index (κ2) is 5.64. The molecule has 0 fully saturated rings. The highest BCUT2D eigenvalue weighted by molar-refractivity contribution is 5.78. The Kier molecular flexibility index (Phi) is 4.19. The number of carbonyl (C=O) groups excluding carboxylic acids is 1. The first kappa shape index (κ1) is 16.3. The summed E-state index contributed by atoms with van der Waals surface area (Å²) in [6.07, 6.45) is 1.38. The maximum absolute atomic E-state index is 12.3. The van der Waals surface area contributed by atoms with Crippen LogP contribution in [0.2, 0.25) is 0 Å². The van der Waals surface area contributed by atoms with Gasteiger partial charge in [0.05, 0.1) is 5.69 Å². The van der Waals surface area contributed by atoms with Crippen LogP contribution in [0.25, 0.3) is 11.3 Å². The third-order valence-corrected chi connectivity index (χ3v) is 3.39. The molecule has 0 amide bonds. The zero-order chi connectivity index (χ0) is 16.5. The Morgan fingerprint density at radius 1 is 0.955 bits per heavy atom. The fourth-order valence-electron chi connectivity index (χ4n) is 2.23. The SMILES string of the molecule is CC(C)(C)OC(=O)n1cccc1-c1ccc(C(C)(C)C)cc1. The van der Waals surface area contributed by atoms with Crippen molar-refractivity contribution >= 4 is 6.09 Å². The Morgan fingerprint density at radius 2 is 1.55 bits per heavy atom. The van der Waals surface area contributed by atoms with E-state index >= 15 is 0 Å². The fourth-order valence-corrected chi connectivity index (χ4v) is 2.23. The largest absolute Gasteiger partial charge is 0.443 e. The molecule has 0 aliphatic rings. The van der Waals surface area contributed by atoms with Crippen LogP contribution in [-0.4, -0.2) is 16.3 Å². The summed E-state index contributed by atoms with van der Waals surface area (Å²) in [5, 5.41) is 0. The average molecular weight is 299 g/mol. The normalized spacial score (nSPS) is 12.3. The van der Waals surface area contributed by atoms with Crippen LogP contribution in [0.4, 0.5) is 4.79 Å². The summed E-state index contributed by atoms with van der Waals surface area (Å²) in [6.45, 7) is 12.2. The van der Waals surface area contributed by atoms with Crippen LogP contribution in [-0.2, 0) is 10.2 Å². The highest BCUT2D eigenvalue weighted by Crippen LogP contribution is 2.27. The molecule has 118 valence electrons. The van der Waals surface area contributed by atoms with E-state index in [4.69, 9.17) is 4.74 Å². The highest BCUT2D eigenvalue weighted by atomic mass is 16.6. The summed E-state index contributed by atoms with van der Waals surface area (Å²) in [7, 11) is 0. The molecule has 2 aromatic rings. The fraction of sp³-hybridized carbons (Fsp3) is 0.421. The topological polar surface area (TPSA) is 31.2 Å². The van der Waals surface area contributed by atoms with E-state index in [1.807, 2.05) is 32.9 Å². The molecule has 1 heterocycles. The Balaban J connectivity index is 2.31. The number of carbonyl (C=O) groups is 1. The average Bonchev–Trinajstić information content (AvgIpc) is 2.85. The Morgan fingerprint density at radius 3 is 2.05 bits per heavy atom. The summed E-state index contributed by atoms with van der Waals surface area (Å²) >= 11 is 0. The molecule has 0 bridgehead atoms. The van der Waals surface area contributed by atoms with Gasteiger partial charge in [0, 0.05) is 6.20 Å². The van der Waals surface area contributed by atoms with Crippen LogP contribution < -0.4 is 0 Å². The summed E-state index contributed by atoms with van der Waals surface area (Å²) in [5.74, 6) is 0. The van der Waals surface area contributed by atoms with Crippen molar-refractivity contribution < 1.29 is 9.53 Å². The number of ether oxygens (including phenoxy) is 1. The minimum Gasteiger partial charge on any atom is -0.443 e. The Bertz CT molecular complexity index is 652. The summed E-state index contributed by atoms with van der Waals surface area (Å²) < 4.78 is 7.00. The monoisotopic (exact) mass is 299 g/mol. The van der Waals surface area contributed by atoms with Crippen LogP contribution in [0.5, 0.6) is 0 Å². The lowest BCUT2D eigenvalue weighted by Crippen LogP contribution is -2.27. The van der Waals surface area contributed by atoms with Gasteiger partial charge in [0.1, 0.15) is 5.60 Å². The number of aromatic nitrogens is 1. The number of rotatable bonds is 1. The molecule has 0 radical (unpaired) electrons. The predicted octanol–water partition coefficient (Wildman–Crippen LogP) is 5.24. The van der Waals surface area contributed by atoms with Crippen LogP contribution in [0.1, 0.15) is 47.1 Å². The second-order valence-corrected chi connectivity index (χ2v) is 7.57. The molecule has 0 atom stereocenters. The molecule has 0 saturated heterocycles. The molecule has 3 nitrogen and oxygen atoms in total. The lowest BCUT2D eigenvalue weighted by atomic mass is 9.86. The number of nitrogens with zero attached hydrogens (tertiary/aromatic N) is 1. The standard InChI is InChI=1S/C19H25NO2/c1-18(2,3)15-11-9-14(10-12-15)16-8-7-13-20(16)17(21)22-19(4,5)6/h7-13H,1-6H3. The molecular formula is C19H25NO2. The Labute approximate surface area is 132 Å². The van der Waals surface area contributed by atoms with Gasteiger partial charge in [-0.15, -0.1) is 0 Å². The van der Waals surface area contributed by atoms with Gasteiger partial charge in [0.25, 0.3) is 0 Å². The van der Waals surface area contributed by atoms with Gasteiger partial charge in [-0.25, -0.2) is 4.79 Å². The third kappa shape index (κ3) is 3.79. The van der Waals surface area contributed by atoms with Crippen LogP contribution in [0.15, 0.2) is 42.6 Å². The molecule has 1 aromatic carbocycles. The maximum Gasteiger partial charge on any atom is 0.418 e. The van der Waals surface area contributed by atoms with Gasteiger partial charge in [0.15, 0.2) is 0 Å². The lowest BCUT2D eigenvalue weighted by molar-refractivity contribution is 0.0540. The van der Waals surface area contributed by atoms with E-state index in [0.717, 1.165) is 11.3 Å². The molecule has 0 N–H and O–H groups in total. The molecule has 0 aliphatic heterocycles. The summed E-state index contributed by atoms with van der Waals surface area (Å²) in [5.41, 5.74) is 2.73. The van der Waals surface area contributed by atoms with E-state index in [2.05, 4.69) is 45.0 Å². The summed E-state index contributed by atoms with van der Waals surface area (Å²) in [4.78, 5) is 12.3. The van der Waals surface area contributed by atoms with Crippen molar-refractivity contribution in [2.45, 2.75) is 52.6 Å². The van der Waals surface area contributed by atoms with Crippen molar-refractivity contribution in [3.63, 3.8) is 0 Å². The van der Waals surface area contributed by atoms with Gasteiger partial charge >= 0.3 is 6.09 Å². The molecule has 0 unspecified atom stereocenters. The maximum atomic E-state index is 12.3. The van der Waals surface area contributed by atoms with Crippen molar-refractivity contribution in [2.24, 2.45) is 0 Å². The number of hydrogen-bond acceptors (Lipinski definition) is 2. The second-order valence-electron chi connectivity index (χ2n) is 7.57. The molecule has 2 rings (SSSR count). The van der Waals surface area contributed by atoms with E-state index in [1.54, 1.807) is 10.8 Å². The quantitative estimate of drug-likeness (QED) is 0.721. The molecule has 0 aliphatic carbocycles. The van der Waals surface area contributed by atoms with Gasteiger partial charge in [-0.2, -0.15) is 0 Å². The van der Waals surface area contributed by atoms with Crippen molar-refractivity contribution in [3.05, 3.63) is 48.2 Å². The smallest absolute Gasteiger partial charge is 0.418 e. The first-order valence-electron chi connectivity index (χ1n) is 7.59. The molecule has 0 spiro atoms. The van der Waals surface area contributed by atoms with Crippen molar-refractivity contribution in [3.8, 4) is 11.3 Å². The van der Waals surface area contributed by atoms with Gasteiger partial charge in [-0.3, -0.25) is 4.57 Å². The first-order valence-corrected chi connectivity index (χ1v) is 7.59. The molecule has 3 heteroatoms. The van der Waals surface area contributed by atoms with Crippen molar-refractivity contribution in [1.29, 1.82) is 0 Å². The van der Waals surface area contributed by atoms with Crippen molar-refractivity contribution in [2.75, 3.05) is 0 Å². The highest BCUT2D eigenvalue weighted by Gasteiger charge is 2.20. The van der Waals surface area contributed by atoms with Crippen molar-refractivity contribution in [1.82, 2.24) is 4.57 Å². The minimum absolute atomic E-state index is 0.117. The van der Waals surface area contributed by atoms with Crippen LogP contribution >= 0.6 is 0 Å². The molecule has 0 saturated carbocycles. The van der Waals surface area contributed by atoms with Crippen LogP contribution in [0.3, 0.4) is 0 Å². The molecular weight excluding hydrogens is 274 g/mol. The number of benzene rings is 1. The third-order valence-electron chi connectivity index (χ3n) is 3.39. The minimum atomic E-state index is -0.505. The van der Waals surface area contributed by atoms with E-state index < -0.39 is 5.60 Å².